The lowest BCUT2D eigenvalue weighted by Gasteiger charge is -2.29. The van der Waals surface area contributed by atoms with Crippen LogP contribution in [0, 0.1) is 12.8 Å². The van der Waals surface area contributed by atoms with E-state index in [1.54, 1.807) is 0 Å². The van der Waals surface area contributed by atoms with E-state index in [1.807, 2.05) is 6.92 Å². The first-order valence-corrected chi connectivity index (χ1v) is 7.34. The minimum atomic E-state index is 0.266. The number of aryl methyl sites for hydroxylation is 2. The molecule has 0 N–H and O–H groups in total. The average Bonchev–Trinajstić information content (AvgIpc) is 2.67. The molecule has 0 atom stereocenters. The Morgan fingerprint density at radius 3 is 2.67 bits per heavy atom. The number of rotatable bonds is 4. The molecule has 1 aliphatic rings. The van der Waals surface area contributed by atoms with Gasteiger partial charge in [0.25, 0.3) is 0 Å². The van der Waals surface area contributed by atoms with Crippen LogP contribution in [0.4, 0.5) is 0 Å². The fourth-order valence-corrected chi connectivity index (χ4v) is 2.89. The molecule has 0 amide bonds. The molecule has 4 nitrogen and oxygen atoms in total. The van der Waals surface area contributed by atoms with Crippen molar-refractivity contribution in [2.75, 3.05) is 13.1 Å². The summed E-state index contributed by atoms with van der Waals surface area (Å²) in [4.78, 5) is 13.2. The van der Waals surface area contributed by atoms with Crippen LogP contribution in [0.25, 0.3) is 0 Å². The van der Waals surface area contributed by atoms with Crippen LogP contribution in [0.2, 0.25) is 0 Å². The highest BCUT2D eigenvalue weighted by molar-refractivity contribution is 9.10. The monoisotopic (exact) mass is 313 g/mol. The maximum Gasteiger partial charge on any atom is 0.123 e. The Morgan fingerprint density at radius 1 is 1.44 bits per heavy atom. The lowest BCUT2D eigenvalue weighted by molar-refractivity contribution is -0.112. The van der Waals surface area contributed by atoms with Crippen molar-refractivity contribution < 1.29 is 4.79 Å². The first-order chi connectivity index (χ1) is 8.65. The smallest absolute Gasteiger partial charge is 0.123 e. The first kappa shape index (κ1) is 13.7. The van der Waals surface area contributed by atoms with Crippen molar-refractivity contribution in [1.82, 2.24) is 14.7 Å². The quantitative estimate of drug-likeness (QED) is 0.801. The molecule has 0 aromatic carbocycles. The van der Waals surface area contributed by atoms with E-state index in [0.29, 0.717) is 0 Å². The Hall–Kier alpha value is -0.680. The van der Waals surface area contributed by atoms with Crippen molar-refractivity contribution in [3.8, 4) is 0 Å². The Kier molecular flexibility index (Phi) is 4.56. The standard InChI is InChI=1S/C13H20BrN3O/c1-3-17-12(13(14)10(2)15-17)8-16-6-4-11(9-18)5-7-16/h9,11H,3-8H2,1-2H3. The Bertz CT molecular complexity index is 422. The molecule has 1 fully saturated rings. The van der Waals surface area contributed by atoms with Gasteiger partial charge in [-0.15, -0.1) is 0 Å². The van der Waals surface area contributed by atoms with Crippen LogP contribution in [-0.2, 0) is 17.9 Å². The predicted molar refractivity (Wildman–Crippen MR) is 74.4 cm³/mol. The van der Waals surface area contributed by atoms with Crippen molar-refractivity contribution in [3.63, 3.8) is 0 Å². The second-order valence-electron chi connectivity index (χ2n) is 4.91. The Labute approximate surface area is 116 Å². The highest BCUT2D eigenvalue weighted by Crippen LogP contribution is 2.24. The zero-order chi connectivity index (χ0) is 13.1. The fraction of sp³-hybridized carbons (Fsp3) is 0.692. The van der Waals surface area contributed by atoms with E-state index in [-0.39, 0.29) is 5.92 Å². The molecular formula is C13H20BrN3O. The largest absolute Gasteiger partial charge is 0.303 e. The van der Waals surface area contributed by atoms with E-state index in [9.17, 15) is 4.79 Å². The van der Waals surface area contributed by atoms with Gasteiger partial charge in [-0.25, -0.2) is 0 Å². The van der Waals surface area contributed by atoms with Crippen molar-refractivity contribution in [2.24, 2.45) is 5.92 Å². The van der Waals surface area contributed by atoms with E-state index in [4.69, 9.17) is 0 Å². The summed E-state index contributed by atoms with van der Waals surface area (Å²) >= 11 is 3.63. The van der Waals surface area contributed by atoms with Gasteiger partial charge in [0.05, 0.1) is 15.9 Å². The maximum atomic E-state index is 10.7. The van der Waals surface area contributed by atoms with E-state index >= 15 is 0 Å². The van der Waals surface area contributed by atoms with Gasteiger partial charge in [0, 0.05) is 19.0 Å². The summed E-state index contributed by atoms with van der Waals surface area (Å²) in [7, 11) is 0. The third kappa shape index (κ3) is 2.83. The molecule has 5 heteroatoms. The topological polar surface area (TPSA) is 38.1 Å². The van der Waals surface area contributed by atoms with Gasteiger partial charge < -0.3 is 4.79 Å². The molecule has 100 valence electrons. The summed E-state index contributed by atoms with van der Waals surface area (Å²) in [5.74, 6) is 0.266. The number of hydrogen-bond acceptors (Lipinski definition) is 3. The number of halogens is 1. The molecule has 0 radical (unpaired) electrons. The molecule has 0 saturated carbocycles. The third-order valence-corrected chi connectivity index (χ3v) is 4.68. The molecule has 1 aromatic rings. The zero-order valence-electron chi connectivity index (χ0n) is 11.0. The average molecular weight is 314 g/mol. The van der Waals surface area contributed by atoms with Crippen LogP contribution in [0.3, 0.4) is 0 Å². The van der Waals surface area contributed by atoms with Crippen LogP contribution < -0.4 is 0 Å². The van der Waals surface area contributed by atoms with Gasteiger partial charge in [0.15, 0.2) is 0 Å². The molecule has 2 heterocycles. The molecule has 0 bridgehead atoms. The summed E-state index contributed by atoms with van der Waals surface area (Å²) in [6.45, 7) is 7.96. The first-order valence-electron chi connectivity index (χ1n) is 6.55. The Balaban J connectivity index is 2.04. The molecular weight excluding hydrogens is 294 g/mol. The van der Waals surface area contributed by atoms with Crippen LogP contribution in [0.5, 0.6) is 0 Å². The third-order valence-electron chi connectivity index (χ3n) is 3.65. The van der Waals surface area contributed by atoms with Gasteiger partial charge in [0.2, 0.25) is 0 Å². The number of piperidine rings is 1. The fourth-order valence-electron chi connectivity index (χ4n) is 2.48. The lowest BCUT2D eigenvalue weighted by atomic mass is 9.98. The van der Waals surface area contributed by atoms with Gasteiger partial charge in [-0.2, -0.15) is 5.10 Å². The van der Waals surface area contributed by atoms with Gasteiger partial charge >= 0.3 is 0 Å². The predicted octanol–water partition coefficient (Wildman–Crippen LogP) is 2.38. The van der Waals surface area contributed by atoms with Crippen LogP contribution in [0.1, 0.15) is 31.2 Å². The number of aromatic nitrogens is 2. The molecule has 0 spiro atoms. The summed E-state index contributed by atoms with van der Waals surface area (Å²) in [6, 6.07) is 0. The van der Waals surface area contributed by atoms with E-state index in [2.05, 4.69) is 37.5 Å². The highest BCUT2D eigenvalue weighted by Gasteiger charge is 2.21. The highest BCUT2D eigenvalue weighted by atomic mass is 79.9. The molecule has 18 heavy (non-hydrogen) atoms. The number of carbonyl (C=O) groups excluding carboxylic acids is 1. The van der Waals surface area contributed by atoms with Crippen LogP contribution in [-0.4, -0.2) is 34.1 Å². The minimum Gasteiger partial charge on any atom is -0.303 e. The van der Waals surface area contributed by atoms with Gasteiger partial charge in [-0.3, -0.25) is 9.58 Å². The molecule has 1 aromatic heterocycles. The van der Waals surface area contributed by atoms with Crippen molar-refractivity contribution in [2.45, 2.75) is 39.8 Å². The van der Waals surface area contributed by atoms with Crippen molar-refractivity contribution in [3.05, 3.63) is 15.9 Å². The number of hydrogen-bond donors (Lipinski definition) is 0. The summed E-state index contributed by atoms with van der Waals surface area (Å²) in [5.41, 5.74) is 2.30. The molecule has 1 saturated heterocycles. The lowest BCUT2D eigenvalue weighted by Crippen LogP contribution is -2.34. The molecule has 1 aliphatic heterocycles. The SMILES string of the molecule is CCn1nc(C)c(Br)c1CN1CCC(C=O)CC1. The van der Waals surface area contributed by atoms with E-state index in [0.717, 1.165) is 55.5 Å². The number of likely N-dealkylation sites (tertiary alicyclic amines) is 1. The van der Waals surface area contributed by atoms with Crippen molar-refractivity contribution in [1.29, 1.82) is 0 Å². The van der Waals surface area contributed by atoms with E-state index in [1.165, 1.54) is 5.69 Å². The van der Waals surface area contributed by atoms with Gasteiger partial charge in [-0.1, -0.05) is 0 Å². The minimum absolute atomic E-state index is 0.266. The molecule has 0 unspecified atom stereocenters. The van der Waals surface area contributed by atoms with Crippen LogP contribution >= 0.6 is 15.9 Å². The second kappa shape index (κ2) is 5.97. The number of aldehydes is 1. The maximum absolute atomic E-state index is 10.7. The molecule has 2 rings (SSSR count). The zero-order valence-corrected chi connectivity index (χ0v) is 12.6. The summed E-state index contributed by atoms with van der Waals surface area (Å²) < 4.78 is 3.19. The summed E-state index contributed by atoms with van der Waals surface area (Å²) in [5, 5.41) is 4.51. The van der Waals surface area contributed by atoms with Crippen LogP contribution in [0.15, 0.2) is 4.47 Å². The van der Waals surface area contributed by atoms with E-state index < -0.39 is 0 Å². The number of carbonyl (C=O) groups is 1. The second-order valence-corrected chi connectivity index (χ2v) is 5.70. The van der Waals surface area contributed by atoms with Crippen molar-refractivity contribution >= 4 is 22.2 Å². The number of nitrogens with zero attached hydrogens (tertiary/aromatic N) is 3. The summed E-state index contributed by atoms with van der Waals surface area (Å²) in [6.07, 6.45) is 3.08. The molecule has 0 aliphatic carbocycles. The van der Waals surface area contributed by atoms with Gasteiger partial charge in [-0.05, 0) is 55.7 Å². The Morgan fingerprint density at radius 2 is 2.11 bits per heavy atom. The normalized spacial score (nSPS) is 18.2. The van der Waals surface area contributed by atoms with Gasteiger partial charge in [0.1, 0.15) is 6.29 Å².